The van der Waals surface area contributed by atoms with Gasteiger partial charge in [-0.3, -0.25) is 15.0 Å². The number of hydrogen-bond acceptors (Lipinski definition) is 6. The largest absolute Gasteiger partial charge is 0.495 e. The monoisotopic (exact) mass is 469 g/mol. The molecule has 1 aromatic carbocycles. The maximum atomic E-state index is 12.8. The summed E-state index contributed by atoms with van der Waals surface area (Å²) in [7, 11) is 1.56. The van der Waals surface area contributed by atoms with Gasteiger partial charge >= 0.3 is 0 Å². The van der Waals surface area contributed by atoms with Gasteiger partial charge in [-0.1, -0.05) is 30.1 Å². The third kappa shape index (κ3) is 4.39. The van der Waals surface area contributed by atoms with E-state index in [1.807, 2.05) is 11.4 Å². The number of anilines is 1. The Bertz CT molecular complexity index is 1050. The van der Waals surface area contributed by atoms with Gasteiger partial charge < -0.3 is 4.74 Å². The van der Waals surface area contributed by atoms with Crippen molar-refractivity contribution in [2.24, 2.45) is 5.92 Å². The number of thiophene rings is 1. The number of amides is 1. The van der Waals surface area contributed by atoms with Gasteiger partial charge in [-0.25, -0.2) is 4.98 Å². The predicted octanol–water partition coefficient (Wildman–Crippen LogP) is 6.16. The van der Waals surface area contributed by atoms with Crippen LogP contribution in [-0.4, -0.2) is 36.0 Å². The molecule has 1 fully saturated rings. The van der Waals surface area contributed by atoms with Gasteiger partial charge in [0.1, 0.15) is 15.6 Å². The van der Waals surface area contributed by atoms with Crippen molar-refractivity contribution in [3.63, 3.8) is 0 Å². The van der Waals surface area contributed by atoms with E-state index >= 15 is 0 Å². The second-order valence-corrected chi connectivity index (χ2v) is 9.92. The summed E-state index contributed by atoms with van der Waals surface area (Å²) in [6.45, 7) is 5.30. The molecule has 1 aliphatic rings. The Morgan fingerprint density at radius 1 is 1.38 bits per heavy atom. The Morgan fingerprint density at radius 2 is 2.21 bits per heavy atom. The van der Waals surface area contributed by atoms with Crippen molar-refractivity contribution in [1.29, 1.82) is 0 Å². The zero-order valence-corrected chi connectivity index (χ0v) is 19.3. The molecule has 1 aliphatic heterocycles. The topological polar surface area (TPSA) is 54.5 Å². The molecule has 5 nitrogen and oxygen atoms in total. The van der Waals surface area contributed by atoms with Crippen LogP contribution in [0.2, 0.25) is 10.0 Å². The summed E-state index contributed by atoms with van der Waals surface area (Å²) in [6.07, 6.45) is 2.52. The van der Waals surface area contributed by atoms with Crippen LogP contribution in [0.3, 0.4) is 0 Å². The fourth-order valence-corrected chi connectivity index (χ4v) is 6.12. The minimum absolute atomic E-state index is 0.279. The minimum Gasteiger partial charge on any atom is -0.495 e. The molecule has 0 spiro atoms. The van der Waals surface area contributed by atoms with Crippen molar-refractivity contribution in [2.75, 3.05) is 25.5 Å². The summed E-state index contributed by atoms with van der Waals surface area (Å²) < 4.78 is 5.99. The van der Waals surface area contributed by atoms with Gasteiger partial charge in [0.15, 0.2) is 5.13 Å². The molecule has 1 amide bonds. The van der Waals surface area contributed by atoms with Crippen LogP contribution in [0, 0.1) is 5.92 Å². The zero-order valence-electron chi connectivity index (χ0n) is 16.1. The second kappa shape index (κ2) is 8.78. The molecule has 154 valence electrons. The minimum atomic E-state index is -0.279. The van der Waals surface area contributed by atoms with Crippen LogP contribution >= 0.6 is 45.9 Å². The number of carbonyl (C=O) groups excluding carboxylic acids is 1. The van der Waals surface area contributed by atoms with Crippen LogP contribution in [0.25, 0.3) is 10.1 Å². The van der Waals surface area contributed by atoms with Crippen LogP contribution in [-0.2, 0) is 6.54 Å². The van der Waals surface area contributed by atoms with Crippen LogP contribution < -0.4 is 10.1 Å². The summed E-state index contributed by atoms with van der Waals surface area (Å²) in [6, 6.07) is 3.57. The van der Waals surface area contributed by atoms with E-state index in [1.54, 1.807) is 13.2 Å². The van der Waals surface area contributed by atoms with Crippen molar-refractivity contribution < 1.29 is 9.53 Å². The number of ether oxygens (including phenoxy) is 1. The number of nitrogens with zero attached hydrogens (tertiary/aromatic N) is 2. The van der Waals surface area contributed by atoms with Crippen LogP contribution in [0.15, 0.2) is 17.5 Å². The number of piperidine rings is 1. The summed E-state index contributed by atoms with van der Waals surface area (Å²) >= 11 is 15.5. The molecule has 1 saturated heterocycles. The molecular weight excluding hydrogens is 449 g/mol. The standard InChI is InChI=1S/C20H21Cl2N3O2S2/c1-11-4-3-7-25(8-11)9-12-10-28-20(23-12)24-19(26)18-15(21)13-5-6-14(27-2)16(22)17(13)29-18/h5-6,10-11H,3-4,7-9H2,1-2H3,(H,23,24,26)/t11-/m1/s1. The molecule has 2 aromatic heterocycles. The Morgan fingerprint density at radius 3 is 2.97 bits per heavy atom. The Kier molecular flexibility index (Phi) is 6.32. The van der Waals surface area contributed by atoms with Gasteiger partial charge in [0, 0.05) is 23.9 Å². The molecule has 3 aromatic rings. The summed E-state index contributed by atoms with van der Waals surface area (Å²) in [4.78, 5) is 20.2. The second-order valence-electron chi connectivity index (χ2n) is 7.28. The molecule has 1 atom stereocenters. The van der Waals surface area contributed by atoms with Crippen molar-refractivity contribution >= 4 is 67.0 Å². The smallest absolute Gasteiger partial charge is 0.269 e. The lowest BCUT2D eigenvalue weighted by Crippen LogP contribution is -2.33. The van der Waals surface area contributed by atoms with Gasteiger partial charge in [-0.15, -0.1) is 22.7 Å². The molecule has 0 bridgehead atoms. The van der Waals surface area contributed by atoms with Gasteiger partial charge in [-0.2, -0.15) is 0 Å². The lowest BCUT2D eigenvalue weighted by Gasteiger charge is -2.30. The number of aromatic nitrogens is 1. The number of nitrogens with one attached hydrogen (secondary N) is 1. The molecule has 9 heteroatoms. The number of rotatable bonds is 5. The fourth-order valence-electron chi connectivity index (χ4n) is 3.63. The third-order valence-electron chi connectivity index (χ3n) is 5.03. The number of carbonyl (C=O) groups is 1. The normalized spacial score (nSPS) is 17.6. The fraction of sp³-hybridized carbons (Fsp3) is 0.400. The summed E-state index contributed by atoms with van der Waals surface area (Å²) in [5, 5.41) is 7.05. The van der Waals surface area contributed by atoms with Gasteiger partial charge in [0.2, 0.25) is 0 Å². The number of halogens is 2. The van der Waals surface area contributed by atoms with E-state index in [9.17, 15) is 4.79 Å². The van der Waals surface area contributed by atoms with Gasteiger partial charge in [-0.05, 0) is 37.4 Å². The van der Waals surface area contributed by atoms with Crippen LogP contribution in [0.4, 0.5) is 5.13 Å². The summed E-state index contributed by atoms with van der Waals surface area (Å²) in [5.41, 5.74) is 0.981. The molecule has 4 rings (SSSR count). The van der Waals surface area contributed by atoms with E-state index in [0.717, 1.165) is 41.3 Å². The molecule has 0 saturated carbocycles. The Balaban J connectivity index is 1.49. The van der Waals surface area contributed by atoms with E-state index in [4.69, 9.17) is 27.9 Å². The van der Waals surface area contributed by atoms with Crippen molar-refractivity contribution in [3.05, 3.63) is 38.1 Å². The maximum Gasteiger partial charge on any atom is 0.269 e. The van der Waals surface area contributed by atoms with E-state index in [2.05, 4.69) is 22.1 Å². The molecule has 3 heterocycles. The number of fused-ring (bicyclic) bond motifs is 1. The first-order valence-electron chi connectivity index (χ1n) is 9.39. The van der Waals surface area contributed by atoms with E-state index < -0.39 is 0 Å². The third-order valence-corrected chi connectivity index (χ3v) is 8.05. The highest BCUT2D eigenvalue weighted by molar-refractivity contribution is 7.22. The molecule has 1 N–H and O–H groups in total. The number of likely N-dealkylation sites (tertiary alicyclic amines) is 1. The number of hydrogen-bond donors (Lipinski definition) is 1. The highest BCUT2D eigenvalue weighted by Crippen LogP contribution is 2.43. The SMILES string of the molecule is COc1ccc2c(Cl)c(C(=O)Nc3nc(CN4CCC[C@@H](C)C4)cs3)sc2c1Cl. The zero-order chi connectivity index (χ0) is 20.5. The van der Waals surface area contributed by atoms with Crippen molar-refractivity contribution in [1.82, 2.24) is 9.88 Å². The average Bonchev–Trinajstić information content (AvgIpc) is 3.27. The van der Waals surface area contributed by atoms with Gasteiger partial charge in [0.25, 0.3) is 5.91 Å². The van der Waals surface area contributed by atoms with Crippen LogP contribution in [0.5, 0.6) is 5.75 Å². The Hall–Kier alpha value is -1.38. The molecule has 0 aliphatic carbocycles. The molecule has 29 heavy (non-hydrogen) atoms. The molecule has 0 unspecified atom stereocenters. The summed E-state index contributed by atoms with van der Waals surface area (Å²) in [5.74, 6) is 1.00. The number of benzene rings is 1. The average molecular weight is 470 g/mol. The number of thiazole rings is 1. The highest BCUT2D eigenvalue weighted by Gasteiger charge is 2.22. The molecule has 0 radical (unpaired) electrons. The van der Waals surface area contributed by atoms with E-state index in [-0.39, 0.29) is 5.91 Å². The first-order valence-corrected chi connectivity index (χ1v) is 11.8. The molecular formula is C20H21Cl2N3O2S2. The lowest BCUT2D eigenvalue weighted by molar-refractivity contribution is 0.103. The maximum absolute atomic E-state index is 12.8. The van der Waals surface area contributed by atoms with Crippen molar-refractivity contribution in [2.45, 2.75) is 26.3 Å². The van der Waals surface area contributed by atoms with Crippen molar-refractivity contribution in [3.8, 4) is 5.75 Å². The predicted molar refractivity (Wildman–Crippen MR) is 122 cm³/mol. The van der Waals surface area contributed by atoms with Crippen LogP contribution in [0.1, 0.15) is 35.1 Å². The quantitative estimate of drug-likeness (QED) is 0.486. The lowest BCUT2D eigenvalue weighted by atomic mass is 10.0. The first kappa shape index (κ1) is 20.9. The van der Waals surface area contributed by atoms with E-state index in [1.165, 1.54) is 35.5 Å². The van der Waals surface area contributed by atoms with E-state index in [0.29, 0.717) is 25.8 Å². The van der Waals surface area contributed by atoms with Gasteiger partial charge in [0.05, 0.1) is 22.5 Å². The highest BCUT2D eigenvalue weighted by atomic mass is 35.5. The Labute approximate surface area is 187 Å². The first-order chi connectivity index (χ1) is 14.0. The number of methoxy groups -OCH3 is 1.